The van der Waals surface area contributed by atoms with Crippen LogP contribution >= 0.6 is 0 Å². The molecular weight excluding hydrogens is 280 g/mol. The SMILES string of the molecule is CNCC1CCCN1C(=O)Nc1cnn(-c2ccccc2)n1. The van der Waals surface area contributed by atoms with Gasteiger partial charge in [0.2, 0.25) is 0 Å². The fourth-order valence-electron chi connectivity index (χ4n) is 2.74. The van der Waals surface area contributed by atoms with E-state index in [0.717, 1.165) is 31.6 Å². The highest BCUT2D eigenvalue weighted by atomic mass is 16.2. The van der Waals surface area contributed by atoms with Gasteiger partial charge < -0.3 is 10.2 Å². The normalized spacial score (nSPS) is 17.7. The van der Waals surface area contributed by atoms with E-state index in [1.165, 1.54) is 4.80 Å². The Morgan fingerprint density at radius 1 is 1.36 bits per heavy atom. The molecule has 0 bridgehead atoms. The van der Waals surface area contributed by atoms with Crippen molar-refractivity contribution in [3.63, 3.8) is 0 Å². The standard InChI is InChI=1S/C15H20N6O/c1-16-10-13-8-5-9-20(13)15(22)18-14-11-17-21(19-14)12-6-3-2-4-7-12/h2-4,6-7,11,13,16H,5,8-10H2,1H3,(H,18,19,22). The lowest BCUT2D eigenvalue weighted by molar-refractivity contribution is 0.206. The number of urea groups is 1. The third-order valence-electron chi connectivity index (χ3n) is 3.79. The number of benzene rings is 1. The molecule has 7 heteroatoms. The van der Waals surface area contributed by atoms with Gasteiger partial charge >= 0.3 is 6.03 Å². The van der Waals surface area contributed by atoms with Crippen LogP contribution in [0.25, 0.3) is 5.69 Å². The third-order valence-corrected chi connectivity index (χ3v) is 3.79. The summed E-state index contributed by atoms with van der Waals surface area (Å²) >= 11 is 0. The van der Waals surface area contributed by atoms with E-state index in [2.05, 4.69) is 20.8 Å². The maximum atomic E-state index is 12.4. The Balaban J connectivity index is 1.66. The fraction of sp³-hybridized carbons (Fsp3) is 0.400. The van der Waals surface area contributed by atoms with E-state index in [9.17, 15) is 4.79 Å². The first-order valence-corrected chi connectivity index (χ1v) is 7.48. The van der Waals surface area contributed by atoms with Crippen molar-refractivity contribution >= 4 is 11.8 Å². The summed E-state index contributed by atoms with van der Waals surface area (Å²) < 4.78 is 0. The quantitative estimate of drug-likeness (QED) is 0.897. The summed E-state index contributed by atoms with van der Waals surface area (Å²) in [5, 5.41) is 14.4. The lowest BCUT2D eigenvalue weighted by Crippen LogP contribution is -2.43. The molecule has 2 aromatic rings. The van der Waals surface area contributed by atoms with Crippen molar-refractivity contribution in [2.45, 2.75) is 18.9 Å². The number of amides is 2. The second-order valence-corrected chi connectivity index (χ2v) is 5.33. The van der Waals surface area contributed by atoms with Crippen LogP contribution in [0.2, 0.25) is 0 Å². The number of anilines is 1. The van der Waals surface area contributed by atoms with Gasteiger partial charge in [0.1, 0.15) is 0 Å². The highest BCUT2D eigenvalue weighted by Crippen LogP contribution is 2.18. The first kappa shape index (κ1) is 14.5. The van der Waals surface area contributed by atoms with Gasteiger partial charge in [-0.1, -0.05) is 18.2 Å². The highest BCUT2D eigenvalue weighted by molar-refractivity contribution is 5.88. The number of nitrogens with zero attached hydrogens (tertiary/aromatic N) is 4. The van der Waals surface area contributed by atoms with Crippen molar-refractivity contribution in [2.24, 2.45) is 0 Å². The van der Waals surface area contributed by atoms with E-state index in [1.807, 2.05) is 42.3 Å². The molecule has 2 N–H and O–H groups in total. The molecule has 116 valence electrons. The number of likely N-dealkylation sites (tertiary alicyclic amines) is 1. The minimum absolute atomic E-state index is 0.113. The van der Waals surface area contributed by atoms with Crippen LogP contribution in [-0.4, -0.2) is 52.1 Å². The summed E-state index contributed by atoms with van der Waals surface area (Å²) in [6.07, 6.45) is 3.63. The zero-order chi connectivity index (χ0) is 15.4. The smallest absolute Gasteiger partial charge is 0.320 e. The summed E-state index contributed by atoms with van der Waals surface area (Å²) in [4.78, 5) is 15.7. The monoisotopic (exact) mass is 300 g/mol. The Labute approximate surface area is 129 Å². The number of carbonyl (C=O) groups excluding carboxylic acids is 1. The highest BCUT2D eigenvalue weighted by Gasteiger charge is 2.28. The van der Waals surface area contributed by atoms with Gasteiger partial charge in [-0.15, -0.1) is 9.90 Å². The largest absolute Gasteiger partial charge is 0.323 e. The lowest BCUT2D eigenvalue weighted by Gasteiger charge is -2.24. The molecule has 7 nitrogen and oxygen atoms in total. The predicted molar refractivity (Wildman–Crippen MR) is 84.0 cm³/mol. The molecule has 1 unspecified atom stereocenters. The number of nitrogens with one attached hydrogen (secondary N) is 2. The average molecular weight is 300 g/mol. The Morgan fingerprint density at radius 3 is 2.95 bits per heavy atom. The second-order valence-electron chi connectivity index (χ2n) is 5.33. The lowest BCUT2D eigenvalue weighted by atomic mass is 10.2. The topological polar surface area (TPSA) is 75.1 Å². The van der Waals surface area contributed by atoms with Gasteiger partial charge in [-0.25, -0.2) is 4.79 Å². The van der Waals surface area contributed by atoms with Gasteiger partial charge in [-0.3, -0.25) is 5.32 Å². The minimum Gasteiger partial charge on any atom is -0.320 e. The Kier molecular flexibility index (Phi) is 4.34. The van der Waals surface area contributed by atoms with E-state index < -0.39 is 0 Å². The zero-order valence-electron chi connectivity index (χ0n) is 12.6. The molecule has 1 aliphatic heterocycles. The van der Waals surface area contributed by atoms with Crippen LogP contribution in [0.15, 0.2) is 36.5 Å². The number of rotatable bonds is 4. The number of hydrogen-bond donors (Lipinski definition) is 2. The van der Waals surface area contributed by atoms with Crippen LogP contribution in [0.1, 0.15) is 12.8 Å². The molecule has 1 aliphatic rings. The van der Waals surface area contributed by atoms with Crippen LogP contribution in [0.5, 0.6) is 0 Å². The molecule has 1 aromatic carbocycles. The molecule has 1 saturated heterocycles. The molecule has 2 amide bonds. The van der Waals surface area contributed by atoms with Crippen LogP contribution in [-0.2, 0) is 0 Å². The molecule has 22 heavy (non-hydrogen) atoms. The van der Waals surface area contributed by atoms with E-state index in [4.69, 9.17) is 0 Å². The average Bonchev–Trinajstić information content (AvgIpc) is 3.18. The number of likely N-dealkylation sites (N-methyl/N-ethyl adjacent to an activating group) is 1. The van der Waals surface area contributed by atoms with Crippen molar-refractivity contribution in [1.29, 1.82) is 0 Å². The second kappa shape index (κ2) is 6.57. The molecule has 0 aliphatic carbocycles. The van der Waals surface area contributed by atoms with Gasteiger partial charge in [0.05, 0.1) is 11.9 Å². The van der Waals surface area contributed by atoms with E-state index in [0.29, 0.717) is 5.82 Å². The summed E-state index contributed by atoms with van der Waals surface area (Å²) in [7, 11) is 1.90. The van der Waals surface area contributed by atoms with Crippen LogP contribution in [0, 0.1) is 0 Å². The molecule has 1 fully saturated rings. The number of aromatic nitrogens is 3. The Morgan fingerprint density at radius 2 is 2.18 bits per heavy atom. The van der Waals surface area contributed by atoms with Crippen LogP contribution in [0.4, 0.5) is 10.6 Å². The Bertz CT molecular complexity index is 626. The van der Waals surface area contributed by atoms with Crippen molar-refractivity contribution in [1.82, 2.24) is 25.2 Å². The molecular formula is C15H20N6O. The molecule has 0 spiro atoms. The van der Waals surface area contributed by atoms with Gasteiger partial charge in [0.15, 0.2) is 5.82 Å². The molecule has 1 atom stereocenters. The molecule has 2 heterocycles. The summed E-state index contributed by atoms with van der Waals surface area (Å²) in [6.45, 7) is 1.59. The minimum atomic E-state index is -0.113. The van der Waals surface area contributed by atoms with Crippen molar-refractivity contribution in [3.8, 4) is 5.69 Å². The molecule has 1 aromatic heterocycles. The van der Waals surface area contributed by atoms with Crippen LogP contribution in [0.3, 0.4) is 0 Å². The third kappa shape index (κ3) is 3.09. The van der Waals surface area contributed by atoms with Gasteiger partial charge in [-0.2, -0.15) is 5.10 Å². The summed E-state index contributed by atoms with van der Waals surface area (Å²) in [5.41, 5.74) is 0.859. The number of hydrogen-bond acceptors (Lipinski definition) is 4. The molecule has 0 radical (unpaired) electrons. The Hall–Kier alpha value is -2.41. The van der Waals surface area contributed by atoms with E-state index in [1.54, 1.807) is 6.20 Å². The zero-order valence-corrected chi connectivity index (χ0v) is 12.6. The summed E-state index contributed by atoms with van der Waals surface area (Å²) in [5.74, 6) is 0.462. The van der Waals surface area contributed by atoms with Crippen molar-refractivity contribution in [2.75, 3.05) is 25.5 Å². The van der Waals surface area contributed by atoms with Crippen molar-refractivity contribution in [3.05, 3.63) is 36.5 Å². The molecule has 3 rings (SSSR count). The van der Waals surface area contributed by atoms with Gasteiger partial charge in [-0.05, 0) is 32.0 Å². The fourth-order valence-corrected chi connectivity index (χ4v) is 2.74. The number of carbonyl (C=O) groups is 1. The predicted octanol–water partition coefficient (Wildman–Crippen LogP) is 1.48. The summed E-state index contributed by atoms with van der Waals surface area (Å²) in [6, 6.07) is 9.73. The number of para-hydroxylation sites is 1. The van der Waals surface area contributed by atoms with E-state index in [-0.39, 0.29) is 12.1 Å². The maximum absolute atomic E-state index is 12.4. The van der Waals surface area contributed by atoms with Gasteiger partial charge in [0.25, 0.3) is 0 Å². The molecule has 0 saturated carbocycles. The first-order chi connectivity index (χ1) is 10.8. The maximum Gasteiger partial charge on any atom is 0.323 e. The van der Waals surface area contributed by atoms with Gasteiger partial charge in [0, 0.05) is 19.1 Å². The van der Waals surface area contributed by atoms with Crippen LogP contribution < -0.4 is 10.6 Å². The van der Waals surface area contributed by atoms with E-state index >= 15 is 0 Å². The van der Waals surface area contributed by atoms with Crippen molar-refractivity contribution < 1.29 is 4.79 Å². The first-order valence-electron chi connectivity index (χ1n) is 7.48.